The van der Waals surface area contributed by atoms with E-state index in [0.29, 0.717) is 19.0 Å². The van der Waals surface area contributed by atoms with E-state index < -0.39 is 8.07 Å². The van der Waals surface area contributed by atoms with Crippen LogP contribution in [-0.4, -0.2) is 60.6 Å². The second-order valence-corrected chi connectivity index (χ2v) is 16.0. The third-order valence-electron chi connectivity index (χ3n) is 6.75. The predicted octanol–water partition coefficient (Wildman–Crippen LogP) is 3.85. The summed E-state index contributed by atoms with van der Waals surface area (Å²) >= 11 is 0. The average molecular weight is 468 g/mol. The summed E-state index contributed by atoms with van der Waals surface area (Å²) in [5.74, 6) is -0.0351. The van der Waals surface area contributed by atoms with Crippen molar-refractivity contribution in [3.05, 3.63) is 24.0 Å². The minimum absolute atomic E-state index is 0.0441. The lowest BCUT2D eigenvalue weighted by atomic mass is 9.85. The van der Waals surface area contributed by atoms with Crippen molar-refractivity contribution in [3.8, 4) is 6.07 Å². The molecule has 3 heterocycles. The standard InChI is InChI=1S/C24H33N5O3Si/c1-33(2,3)13-12-32-17-28-10-8-20-22-21(14-26-23(20)28)24(31)27(11-9-25)16-29(22)19-6-4-18(15-30)5-7-19/h8,10,14-15,18-19H,4-7,11-13,16-17H2,1-3H3/t18-,19-. The van der Waals surface area contributed by atoms with Gasteiger partial charge in [-0.3, -0.25) is 4.79 Å². The van der Waals surface area contributed by atoms with E-state index in [2.05, 4.69) is 35.6 Å². The van der Waals surface area contributed by atoms with E-state index >= 15 is 0 Å². The Labute approximate surface area is 196 Å². The van der Waals surface area contributed by atoms with E-state index in [1.165, 1.54) is 0 Å². The zero-order valence-corrected chi connectivity index (χ0v) is 20.8. The maximum atomic E-state index is 13.1. The van der Waals surface area contributed by atoms with Crippen molar-refractivity contribution in [1.82, 2.24) is 14.5 Å². The van der Waals surface area contributed by atoms with Crippen LogP contribution in [-0.2, 0) is 16.3 Å². The van der Waals surface area contributed by atoms with Crippen LogP contribution < -0.4 is 4.90 Å². The van der Waals surface area contributed by atoms with Crippen molar-refractivity contribution in [2.45, 2.75) is 64.1 Å². The van der Waals surface area contributed by atoms with E-state index in [9.17, 15) is 14.9 Å². The molecule has 0 spiro atoms. The highest BCUT2D eigenvalue weighted by Gasteiger charge is 2.36. The summed E-state index contributed by atoms with van der Waals surface area (Å²) in [6.07, 6.45) is 8.17. The highest BCUT2D eigenvalue weighted by atomic mass is 28.3. The maximum absolute atomic E-state index is 13.1. The smallest absolute Gasteiger partial charge is 0.259 e. The van der Waals surface area contributed by atoms with Gasteiger partial charge in [0.05, 0.1) is 24.0 Å². The summed E-state index contributed by atoms with van der Waals surface area (Å²) in [6.45, 7) is 8.58. The number of amides is 1. The minimum atomic E-state index is -1.15. The molecule has 1 aliphatic carbocycles. The Morgan fingerprint density at radius 3 is 2.70 bits per heavy atom. The number of nitriles is 1. The molecular weight excluding hydrogens is 434 g/mol. The van der Waals surface area contributed by atoms with Gasteiger partial charge in [-0.1, -0.05) is 19.6 Å². The molecule has 0 unspecified atom stereocenters. The first-order valence-electron chi connectivity index (χ1n) is 11.8. The lowest BCUT2D eigenvalue weighted by Crippen LogP contribution is -2.51. The molecule has 0 aromatic carbocycles. The third-order valence-corrected chi connectivity index (χ3v) is 8.46. The molecule has 0 atom stereocenters. The number of hydrogen-bond donors (Lipinski definition) is 0. The van der Waals surface area contributed by atoms with Gasteiger partial charge < -0.3 is 23.9 Å². The van der Waals surface area contributed by atoms with Gasteiger partial charge >= 0.3 is 0 Å². The van der Waals surface area contributed by atoms with Gasteiger partial charge in [-0.2, -0.15) is 5.26 Å². The number of pyridine rings is 1. The molecule has 2 aromatic heterocycles. The Bertz CT molecular complexity index is 1060. The second-order valence-electron chi connectivity index (χ2n) is 10.4. The zero-order valence-electron chi connectivity index (χ0n) is 19.8. The molecule has 1 amide bonds. The van der Waals surface area contributed by atoms with Crippen molar-refractivity contribution >= 4 is 37.0 Å². The van der Waals surface area contributed by atoms with Gasteiger partial charge in [0.15, 0.2) is 0 Å². The van der Waals surface area contributed by atoms with E-state index in [0.717, 1.165) is 61.3 Å². The summed E-state index contributed by atoms with van der Waals surface area (Å²) in [7, 11) is -1.15. The fraction of sp³-hybridized carbons (Fsp3) is 0.583. The lowest BCUT2D eigenvalue weighted by molar-refractivity contribution is -0.111. The number of rotatable bonds is 8. The number of aldehydes is 1. The van der Waals surface area contributed by atoms with Crippen LogP contribution in [0.15, 0.2) is 18.5 Å². The van der Waals surface area contributed by atoms with Crippen LogP contribution in [0.2, 0.25) is 25.7 Å². The normalized spacial score (nSPS) is 21.2. The maximum Gasteiger partial charge on any atom is 0.259 e. The summed E-state index contributed by atoms with van der Waals surface area (Å²) in [5.41, 5.74) is 2.24. The molecule has 1 fully saturated rings. The van der Waals surface area contributed by atoms with Crippen molar-refractivity contribution < 1.29 is 14.3 Å². The van der Waals surface area contributed by atoms with Gasteiger partial charge in [-0.25, -0.2) is 4.98 Å². The Kier molecular flexibility index (Phi) is 6.86. The van der Waals surface area contributed by atoms with E-state index in [1.807, 2.05) is 16.8 Å². The first kappa shape index (κ1) is 23.5. The molecule has 4 rings (SSSR count). The van der Waals surface area contributed by atoms with Crippen LogP contribution in [0.1, 0.15) is 36.0 Å². The predicted molar refractivity (Wildman–Crippen MR) is 130 cm³/mol. The van der Waals surface area contributed by atoms with Crippen molar-refractivity contribution in [3.63, 3.8) is 0 Å². The summed E-state index contributed by atoms with van der Waals surface area (Å²) in [4.78, 5) is 32.8. The molecule has 0 radical (unpaired) electrons. The van der Waals surface area contributed by atoms with E-state index in [4.69, 9.17) is 4.74 Å². The van der Waals surface area contributed by atoms with Gasteiger partial charge in [-0.05, 0) is 37.8 Å². The summed E-state index contributed by atoms with van der Waals surface area (Å²) in [6, 6.07) is 5.45. The highest BCUT2D eigenvalue weighted by molar-refractivity contribution is 6.76. The van der Waals surface area contributed by atoms with Gasteiger partial charge in [0.1, 0.15) is 25.2 Å². The number of anilines is 1. The van der Waals surface area contributed by atoms with Crippen LogP contribution >= 0.6 is 0 Å². The third kappa shape index (κ3) is 4.97. The van der Waals surface area contributed by atoms with Gasteiger partial charge in [0.25, 0.3) is 5.91 Å². The molecule has 2 aliphatic rings. The fourth-order valence-corrected chi connectivity index (χ4v) is 5.54. The number of nitrogens with zero attached hydrogens (tertiary/aromatic N) is 5. The van der Waals surface area contributed by atoms with Crippen molar-refractivity contribution in [1.29, 1.82) is 5.26 Å². The number of ether oxygens (including phenoxy) is 1. The molecule has 8 nitrogen and oxygen atoms in total. The van der Waals surface area contributed by atoms with Gasteiger partial charge in [-0.15, -0.1) is 0 Å². The first-order chi connectivity index (χ1) is 15.8. The molecule has 0 N–H and O–H groups in total. The highest BCUT2D eigenvalue weighted by Crippen LogP contribution is 2.39. The molecule has 33 heavy (non-hydrogen) atoms. The van der Waals surface area contributed by atoms with Crippen LogP contribution in [0.3, 0.4) is 0 Å². The van der Waals surface area contributed by atoms with Gasteiger partial charge in [0, 0.05) is 44.4 Å². The summed E-state index contributed by atoms with van der Waals surface area (Å²) in [5, 5.41) is 10.2. The number of carbonyl (C=O) groups excluding carboxylic acids is 2. The average Bonchev–Trinajstić information content (AvgIpc) is 3.21. The monoisotopic (exact) mass is 467 g/mol. The molecule has 176 valence electrons. The Morgan fingerprint density at radius 2 is 2.03 bits per heavy atom. The van der Waals surface area contributed by atoms with Gasteiger partial charge in [0.2, 0.25) is 0 Å². The Balaban J connectivity index is 1.64. The molecular formula is C24H33N5O3Si. The zero-order chi connectivity index (χ0) is 23.6. The van der Waals surface area contributed by atoms with E-state index in [1.54, 1.807) is 11.1 Å². The first-order valence-corrected chi connectivity index (χ1v) is 15.5. The number of hydrogen-bond acceptors (Lipinski definition) is 6. The largest absolute Gasteiger partial charge is 0.361 e. The van der Waals surface area contributed by atoms with Crippen LogP contribution in [0.5, 0.6) is 0 Å². The van der Waals surface area contributed by atoms with Crippen LogP contribution in [0.4, 0.5) is 5.69 Å². The number of carbonyl (C=O) groups is 2. The molecule has 1 aliphatic heterocycles. The Morgan fingerprint density at radius 1 is 1.27 bits per heavy atom. The van der Waals surface area contributed by atoms with Crippen LogP contribution in [0.25, 0.3) is 11.0 Å². The van der Waals surface area contributed by atoms with Crippen molar-refractivity contribution in [2.75, 3.05) is 24.7 Å². The molecule has 0 bridgehead atoms. The summed E-state index contributed by atoms with van der Waals surface area (Å²) < 4.78 is 7.94. The quantitative estimate of drug-likeness (QED) is 0.253. The fourth-order valence-electron chi connectivity index (χ4n) is 4.78. The van der Waals surface area contributed by atoms with E-state index in [-0.39, 0.29) is 24.4 Å². The number of fused-ring (bicyclic) bond motifs is 3. The van der Waals surface area contributed by atoms with Crippen molar-refractivity contribution in [2.24, 2.45) is 5.92 Å². The SMILES string of the molecule is C[Si](C)(C)CCOCn1ccc2c3c(cnc21)C(=O)N(CC#N)CN3[C@H]1CC[C@H](C=O)CC1. The molecule has 1 saturated carbocycles. The number of aromatic nitrogens is 2. The lowest BCUT2D eigenvalue weighted by Gasteiger charge is -2.43. The molecule has 9 heteroatoms. The molecule has 2 aromatic rings. The second kappa shape index (κ2) is 9.65. The minimum Gasteiger partial charge on any atom is -0.361 e. The Hall–Kier alpha value is -2.70. The molecule has 0 saturated heterocycles. The topological polar surface area (TPSA) is 91.5 Å². The van der Waals surface area contributed by atoms with Crippen LogP contribution in [0, 0.1) is 17.2 Å².